The van der Waals surface area contributed by atoms with Gasteiger partial charge in [0.2, 0.25) is 0 Å². The van der Waals surface area contributed by atoms with Crippen molar-refractivity contribution in [1.82, 2.24) is 5.32 Å². The number of hydrogen-bond acceptors (Lipinski definition) is 5. The molecule has 0 spiro atoms. The van der Waals surface area contributed by atoms with Crippen molar-refractivity contribution in [2.45, 2.75) is 13.3 Å². The number of nitro benzene ring substituents is 1. The average Bonchev–Trinajstić information content (AvgIpc) is 2.54. The fraction of sp³-hybridized carbons (Fsp3) is 0.533. The number of anilines is 1. The summed E-state index contributed by atoms with van der Waals surface area (Å²) in [5, 5.41) is 13.8. The number of nitrogens with one attached hydrogen (secondary N) is 1. The Hall–Kier alpha value is -2.15. The molecule has 1 saturated heterocycles. The van der Waals surface area contributed by atoms with Crippen LogP contribution in [0, 0.1) is 22.0 Å². The number of piperidine rings is 1. The first-order chi connectivity index (χ1) is 10.5. The Kier molecular flexibility index (Phi) is 4.97. The van der Waals surface area contributed by atoms with Gasteiger partial charge in [0.1, 0.15) is 5.69 Å². The third kappa shape index (κ3) is 3.19. The van der Waals surface area contributed by atoms with Crippen molar-refractivity contribution in [2.75, 3.05) is 31.6 Å². The maximum absolute atomic E-state index is 11.7. The number of carbonyl (C=O) groups excluding carboxylic acids is 1. The minimum atomic E-state index is -0.433. The number of hydrogen-bond donors (Lipinski definition) is 2. The number of carbonyl (C=O) groups is 1. The van der Waals surface area contributed by atoms with Gasteiger partial charge in [-0.3, -0.25) is 14.9 Å². The van der Waals surface area contributed by atoms with Gasteiger partial charge in [0.15, 0.2) is 0 Å². The van der Waals surface area contributed by atoms with E-state index in [0.717, 1.165) is 13.0 Å². The van der Waals surface area contributed by atoms with Gasteiger partial charge < -0.3 is 16.0 Å². The fourth-order valence-electron chi connectivity index (χ4n) is 2.90. The summed E-state index contributed by atoms with van der Waals surface area (Å²) >= 11 is 0. The zero-order valence-corrected chi connectivity index (χ0v) is 12.9. The Labute approximate surface area is 129 Å². The first-order valence-corrected chi connectivity index (χ1v) is 7.43. The number of amides is 1. The van der Waals surface area contributed by atoms with E-state index >= 15 is 0 Å². The van der Waals surface area contributed by atoms with Crippen LogP contribution in [0.3, 0.4) is 0 Å². The summed E-state index contributed by atoms with van der Waals surface area (Å²) in [4.78, 5) is 24.6. The van der Waals surface area contributed by atoms with Crippen LogP contribution in [0.25, 0.3) is 0 Å². The second-order valence-electron chi connectivity index (χ2n) is 5.75. The molecule has 3 N–H and O–H groups in total. The minimum Gasteiger partial charge on any atom is -0.366 e. The predicted octanol–water partition coefficient (Wildman–Crippen LogP) is 1.38. The summed E-state index contributed by atoms with van der Waals surface area (Å²) in [6.07, 6.45) is 0.955. The molecule has 7 heteroatoms. The molecular weight excluding hydrogens is 284 g/mol. The molecule has 1 heterocycles. The smallest absolute Gasteiger partial charge is 0.293 e. The van der Waals surface area contributed by atoms with Gasteiger partial charge in [-0.2, -0.15) is 0 Å². The largest absolute Gasteiger partial charge is 0.366 e. The highest BCUT2D eigenvalue weighted by Gasteiger charge is 2.29. The number of benzene rings is 1. The molecule has 22 heavy (non-hydrogen) atoms. The molecule has 0 bridgehead atoms. The molecule has 1 aliphatic heterocycles. The van der Waals surface area contributed by atoms with Gasteiger partial charge in [-0.05, 0) is 36.9 Å². The van der Waals surface area contributed by atoms with E-state index in [2.05, 4.69) is 12.2 Å². The lowest BCUT2D eigenvalue weighted by Crippen LogP contribution is -2.42. The van der Waals surface area contributed by atoms with Crippen molar-refractivity contribution < 1.29 is 9.72 Å². The highest BCUT2D eigenvalue weighted by atomic mass is 16.6. The van der Waals surface area contributed by atoms with Crippen LogP contribution in [-0.4, -0.2) is 37.5 Å². The Morgan fingerprint density at radius 2 is 2.27 bits per heavy atom. The molecule has 1 aliphatic rings. The second kappa shape index (κ2) is 6.74. The predicted molar refractivity (Wildman–Crippen MR) is 85.0 cm³/mol. The van der Waals surface area contributed by atoms with Crippen LogP contribution in [0.2, 0.25) is 0 Å². The van der Waals surface area contributed by atoms with Gasteiger partial charge >= 0.3 is 0 Å². The summed E-state index contributed by atoms with van der Waals surface area (Å²) in [5.74, 6) is 0.513. The third-order valence-electron chi connectivity index (χ3n) is 4.42. The van der Waals surface area contributed by atoms with E-state index in [1.54, 1.807) is 12.1 Å². The molecule has 2 rings (SSSR count). The Morgan fingerprint density at radius 3 is 2.86 bits per heavy atom. The summed E-state index contributed by atoms with van der Waals surface area (Å²) in [6, 6.07) is 4.62. The van der Waals surface area contributed by atoms with Crippen molar-refractivity contribution in [1.29, 1.82) is 0 Å². The minimum absolute atomic E-state index is 0.0357. The van der Waals surface area contributed by atoms with Crippen LogP contribution in [0.15, 0.2) is 18.2 Å². The zero-order valence-electron chi connectivity index (χ0n) is 12.9. The van der Waals surface area contributed by atoms with E-state index in [1.165, 1.54) is 13.1 Å². The summed E-state index contributed by atoms with van der Waals surface area (Å²) in [7, 11) is 1.50. The van der Waals surface area contributed by atoms with Crippen molar-refractivity contribution in [3.8, 4) is 0 Å². The molecule has 1 aromatic rings. The summed E-state index contributed by atoms with van der Waals surface area (Å²) in [5.41, 5.74) is 6.61. The van der Waals surface area contributed by atoms with Gasteiger partial charge in [0.05, 0.1) is 4.92 Å². The van der Waals surface area contributed by atoms with E-state index in [4.69, 9.17) is 5.73 Å². The van der Waals surface area contributed by atoms with Gasteiger partial charge in [0.25, 0.3) is 11.6 Å². The average molecular weight is 306 g/mol. The highest BCUT2D eigenvalue weighted by molar-refractivity contribution is 5.95. The fourth-order valence-corrected chi connectivity index (χ4v) is 2.90. The molecule has 7 nitrogen and oxygen atoms in total. The SMILES string of the molecule is CNC(=O)c1ccc(N2CCC(C)C(CN)C2)c([N+](=O)[O-])c1. The quantitative estimate of drug-likeness (QED) is 0.646. The lowest BCUT2D eigenvalue weighted by Gasteiger charge is -2.37. The number of nitrogens with zero attached hydrogens (tertiary/aromatic N) is 2. The lowest BCUT2D eigenvalue weighted by molar-refractivity contribution is -0.384. The Morgan fingerprint density at radius 1 is 1.55 bits per heavy atom. The first-order valence-electron chi connectivity index (χ1n) is 7.43. The van der Waals surface area contributed by atoms with Crippen LogP contribution in [-0.2, 0) is 0 Å². The molecular formula is C15H22N4O3. The number of nitrogens with two attached hydrogens (primary N) is 1. The van der Waals surface area contributed by atoms with Crippen molar-refractivity contribution in [3.63, 3.8) is 0 Å². The highest BCUT2D eigenvalue weighted by Crippen LogP contribution is 2.33. The maximum Gasteiger partial charge on any atom is 0.293 e. The third-order valence-corrected chi connectivity index (χ3v) is 4.42. The molecule has 1 amide bonds. The van der Waals surface area contributed by atoms with Crippen LogP contribution in [0.1, 0.15) is 23.7 Å². The van der Waals surface area contributed by atoms with Gasteiger partial charge in [-0.25, -0.2) is 0 Å². The molecule has 2 unspecified atom stereocenters. The molecule has 2 atom stereocenters. The Bertz CT molecular complexity index is 576. The van der Waals surface area contributed by atoms with E-state index in [-0.39, 0.29) is 11.6 Å². The molecule has 120 valence electrons. The van der Waals surface area contributed by atoms with Crippen molar-refractivity contribution >= 4 is 17.3 Å². The normalized spacial score (nSPS) is 21.5. The summed E-state index contributed by atoms with van der Waals surface area (Å²) < 4.78 is 0. The molecule has 0 aromatic heterocycles. The molecule has 0 aliphatic carbocycles. The van der Waals surface area contributed by atoms with E-state index in [0.29, 0.717) is 36.2 Å². The van der Waals surface area contributed by atoms with Crippen LogP contribution >= 0.6 is 0 Å². The Balaban J connectivity index is 2.34. The standard InChI is InChI=1S/C15H22N4O3/c1-10-5-6-18(9-12(10)8-16)13-4-3-11(15(20)17-2)7-14(13)19(21)22/h3-4,7,10,12H,5-6,8-9,16H2,1-2H3,(H,17,20). The number of rotatable bonds is 4. The van der Waals surface area contributed by atoms with E-state index in [9.17, 15) is 14.9 Å². The number of nitro groups is 1. The van der Waals surface area contributed by atoms with E-state index < -0.39 is 4.92 Å². The monoisotopic (exact) mass is 306 g/mol. The van der Waals surface area contributed by atoms with Crippen LogP contribution in [0.4, 0.5) is 11.4 Å². The molecule has 0 radical (unpaired) electrons. The van der Waals surface area contributed by atoms with Gasteiger partial charge in [0, 0.05) is 31.8 Å². The van der Waals surface area contributed by atoms with Gasteiger partial charge in [-0.15, -0.1) is 0 Å². The van der Waals surface area contributed by atoms with Crippen molar-refractivity contribution in [3.05, 3.63) is 33.9 Å². The molecule has 0 saturated carbocycles. The zero-order chi connectivity index (χ0) is 16.3. The summed E-state index contributed by atoms with van der Waals surface area (Å²) in [6.45, 7) is 4.20. The second-order valence-corrected chi connectivity index (χ2v) is 5.75. The van der Waals surface area contributed by atoms with E-state index in [1.807, 2.05) is 4.90 Å². The molecule has 1 fully saturated rings. The topological polar surface area (TPSA) is 102 Å². The van der Waals surface area contributed by atoms with Gasteiger partial charge in [-0.1, -0.05) is 6.92 Å². The van der Waals surface area contributed by atoms with Crippen LogP contribution < -0.4 is 16.0 Å². The van der Waals surface area contributed by atoms with Crippen molar-refractivity contribution in [2.24, 2.45) is 17.6 Å². The van der Waals surface area contributed by atoms with Crippen LogP contribution in [0.5, 0.6) is 0 Å². The molecule has 1 aromatic carbocycles. The maximum atomic E-state index is 11.7. The first kappa shape index (κ1) is 16.2. The lowest BCUT2D eigenvalue weighted by atomic mass is 9.87.